The zero-order valence-electron chi connectivity index (χ0n) is 16.1. The lowest BCUT2D eigenvalue weighted by atomic mass is 10.1. The summed E-state index contributed by atoms with van der Waals surface area (Å²) in [6, 6.07) is 15.6. The second kappa shape index (κ2) is 7.76. The van der Waals surface area contributed by atoms with Gasteiger partial charge in [-0.15, -0.1) is 0 Å². The molecule has 0 spiro atoms. The van der Waals surface area contributed by atoms with Gasteiger partial charge in [0.1, 0.15) is 13.2 Å². The normalized spacial score (nSPS) is 12.6. The van der Waals surface area contributed by atoms with Gasteiger partial charge in [0.05, 0.1) is 17.8 Å². The first kappa shape index (κ1) is 18.1. The molecule has 3 aromatic rings. The maximum atomic E-state index is 12.4. The molecular formula is C22H23N3O3. The van der Waals surface area contributed by atoms with Crippen LogP contribution in [0.2, 0.25) is 0 Å². The number of aryl methyl sites for hydroxylation is 1. The van der Waals surface area contributed by atoms with Crippen LogP contribution in [0.25, 0.3) is 5.69 Å². The zero-order chi connectivity index (χ0) is 19.5. The molecule has 28 heavy (non-hydrogen) atoms. The quantitative estimate of drug-likeness (QED) is 0.742. The van der Waals surface area contributed by atoms with Crippen molar-refractivity contribution in [2.75, 3.05) is 13.2 Å². The predicted octanol–water partition coefficient (Wildman–Crippen LogP) is 3.12. The van der Waals surface area contributed by atoms with Gasteiger partial charge in [-0.1, -0.05) is 24.3 Å². The molecule has 0 atom stereocenters. The maximum Gasteiger partial charge on any atom is 0.224 e. The number of carbonyl (C=O) groups excluding carboxylic acids is 1. The number of carbonyl (C=O) groups is 1. The van der Waals surface area contributed by atoms with Crippen LogP contribution in [-0.2, 0) is 17.8 Å². The number of aromatic nitrogens is 2. The number of ether oxygens (including phenoxy) is 2. The predicted molar refractivity (Wildman–Crippen MR) is 106 cm³/mol. The van der Waals surface area contributed by atoms with Gasteiger partial charge in [-0.3, -0.25) is 4.79 Å². The molecule has 0 bridgehead atoms. The number of hydrogen-bond donors (Lipinski definition) is 1. The SMILES string of the molecule is Cc1nn(-c2ccccc2)c(C)c1CNC(=O)Cc1ccc2c(c1)OCCO2. The van der Waals surface area contributed by atoms with Crippen molar-refractivity contribution >= 4 is 5.91 Å². The Morgan fingerprint density at radius 2 is 1.82 bits per heavy atom. The summed E-state index contributed by atoms with van der Waals surface area (Å²) in [7, 11) is 0. The molecule has 0 fully saturated rings. The molecule has 4 rings (SSSR count). The van der Waals surface area contributed by atoms with Crippen molar-refractivity contribution in [3.8, 4) is 17.2 Å². The summed E-state index contributed by atoms with van der Waals surface area (Å²) < 4.78 is 13.0. The average Bonchev–Trinajstić information content (AvgIpc) is 3.00. The third kappa shape index (κ3) is 3.71. The monoisotopic (exact) mass is 377 g/mol. The summed E-state index contributed by atoms with van der Waals surface area (Å²) in [6.07, 6.45) is 0.293. The van der Waals surface area contributed by atoms with Crippen molar-refractivity contribution < 1.29 is 14.3 Å². The van der Waals surface area contributed by atoms with Crippen molar-refractivity contribution in [2.45, 2.75) is 26.8 Å². The van der Waals surface area contributed by atoms with Crippen LogP contribution < -0.4 is 14.8 Å². The number of rotatable bonds is 5. The fourth-order valence-corrected chi connectivity index (χ4v) is 3.38. The highest BCUT2D eigenvalue weighted by molar-refractivity contribution is 5.78. The number of nitrogens with one attached hydrogen (secondary N) is 1. The summed E-state index contributed by atoms with van der Waals surface area (Å²) in [5, 5.41) is 7.64. The van der Waals surface area contributed by atoms with Gasteiger partial charge in [0, 0.05) is 17.8 Å². The van der Waals surface area contributed by atoms with Crippen LogP contribution in [0.3, 0.4) is 0 Å². The van der Waals surface area contributed by atoms with E-state index in [1.807, 2.05) is 67.1 Å². The lowest BCUT2D eigenvalue weighted by molar-refractivity contribution is -0.120. The van der Waals surface area contributed by atoms with Crippen molar-refractivity contribution in [3.63, 3.8) is 0 Å². The molecule has 2 heterocycles. The Hall–Kier alpha value is -3.28. The molecule has 0 saturated heterocycles. The Kier molecular flexibility index (Phi) is 5.02. The average molecular weight is 377 g/mol. The van der Waals surface area contributed by atoms with Crippen LogP contribution in [0.1, 0.15) is 22.5 Å². The number of para-hydroxylation sites is 1. The second-order valence-corrected chi connectivity index (χ2v) is 6.83. The highest BCUT2D eigenvalue weighted by Crippen LogP contribution is 2.30. The third-order valence-electron chi connectivity index (χ3n) is 4.88. The van der Waals surface area contributed by atoms with Crippen LogP contribution in [0.15, 0.2) is 48.5 Å². The minimum absolute atomic E-state index is 0.0389. The Balaban J connectivity index is 1.42. The summed E-state index contributed by atoms with van der Waals surface area (Å²) in [5.74, 6) is 1.39. The van der Waals surface area contributed by atoms with Gasteiger partial charge in [-0.25, -0.2) is 4.68 Å². The van der Waals surface area contributed by atoms with E-state index in [-0.39, 0.29) is 5.91 Å². The van der Waals surface area contributed by atoms with Gasteiger partial charge in [0.2, 0.25) is 5.91 Å². The Morgan fingerprint density at radius 1 is 1.07 bits per heavy atom. The molecule has 1 N–H and O–H groups in total. The molecule has 0 saturated carbocycles. The van der Waals surface area contributed by atoms with E-state index in [1.54, 1.807) is 0 Å². The smallest absolute Gasteiger partial charge is 0.224 e. The highest BCUT2D eigenvalue weighted by Gasteiger charge is 2.15. The molecule has 0 aliphatic carbocycles. The van der Waals surface area contributed by atoms with Crippen LogP contribution >= 0.6 is 0 Å². The van der Waals surface area contributed by atoms with Gasteiger partial charge < -0.3 is 14.8 Å². The van der Waals surface area contributed by atoms with E-state index in [4.69, 9.17) is 9.47 Å². The van der Waals surface area contributed by atoms with Crippen molar-refractivity contribution in [1.29, 1.82) is 0 Å². The van der Waals surface area contributed by atoms with Crippen molar-refractivity contribution in [1.82, 2.24) is 15.1 Å². The molecule has 1 aliphatic rings. The van der Waals surface area contributed by atoms with Gasteiger partial charge >= 0.3 is 0 Å². The van der Waals surface area contributed by atoms with Crippen LogP contribution in [0.4, 0.5) is 0 Å². The van der Waals surface area contributed by atoms with Crippen LogP contribution in [0, 0.1) is 13.8 Å². The molecule has 0 radical (unpaired) electrons. The minimum atomic E-state index is -0.0389. The highest BCUT2D eigenvalue weighted by atomic mass is 16.6. The first-order chi connectivity index (χ1) is 13.6. The number of fused-ring (bicyclic) bond motifs is 1. The summed E-state index contributed by atoms with van der Waals surface area (Å²) in [4.78, 5) is 12.4. The third-order valence-corrected chi connectivity index (χ3v) is 4.88. The molecule has 1 amide bonds. The molecule has 1 aromatic heterocycles. The summed E-state index contributed by atoms with van der Waals surface area (Å²) in [5.41, 5.74) is 4.90. The van der Waals surface area contributed by atoms with E-state index in [1.165, 1.54) is 0 Å². The van der Waals surface area contributed by atoms with E-state index in [0.717, 1.165) is 34.0 Å². The summed E-state index contributed by atoms with van der Waals surface area (Å²) >= 11 is 0. The fourth-order valence-electron chi connectivity index (χ4n) is 3.38. The maximum absolute atomic E-state index is 12.4. The molecule has 144 valence electrons. The largest absolute Gasteiger partial charge is 0.486 e. The van der Waals surface area contributed by atoms with Gasteiger partial charge in [0.25, 0.3) is 0 Å². The lowest BCUT2D eigenvalue weighted by Gasteiger charge is -2.18. The van der Waals surface area contributed by atoms with E-state index < -0.39 is 0 Å². The molecule has 0 unspecified atom stereocenters. The van der Waals surface area contributed by atoms with Gasteiger partial charge in [-0.05, 0) is 43.7 Å². The molecule has 2 aromatic carbocycles. The van der Waals surface area contributed by atoms with E-state index in [0.29, 0.717) is 31.9 Å². The Labute approximate surface area is 164 Å². The van der Waals surface area contributed by atoms with Crippen LogP contribution in [-0.4, -0.2) is 28.9 Å². The topological polar surface area (TPSA) is 65.4 Å². The second-order valence-electron chi connectivity index (χ2n) is 6.83. The summed E-state index contributed by atoms with van der Waals surface area (Å²) in [6.45, 7) is 5.53. The number of amides is 1. The van der Waals surface area contributed by atoms with Gasteiger partial charge in [0.15, 0.2) is 11.5 Å². The molecule has 6 nitrogen and oxygen atoms in total. The van der Waals surface area contributed by atoms with Crippen molar-refractivity contribution in [3.05, 3.63) is 71.0 Å². The number of benzene rings is 2. The molecule has 6 heteroatoms. The van der Waals surface area contributed by atoms with Crippen molar-refractivity contribution in [2.24, 2.45) is 0 Å². The Morgan fingerprint density at radius 3 is 2.61 bits per heavy atom. The molecular weight excluding hydrogens is 354 g/mol. The van der Waals surface area contributed by atoms with Crippen LogP contribution in [0.5, 0.6) is 11.5 Å². The van der Waals surface area contributed by atoms with E-state index in [9.17, 15) is 4.79 Å². The zero-order valence-corrected chi connectivity index (χ0v) is 16.1. The first-order valence-electron chi connectivity index (χ1n) is 9.37. The van der Waals surface area contributed by atoms with E-state index in [2.05, 4.69) is 10.4 Å². The van der Waals surface area contributed by atoms with E-state index >= 15 is 0 Å². The number of nitrogens with zero attached hydrogens (tertiary/aromatic N) is 2. The number of hydrogen-bond acceptors (Lipinski definition) is 4. The molecule has 1 aliphatic heterocycles. The standard InChI is InChI=1S/C22H23N3O3/c1-15-19(16(2)25(24-15)18-6-4-3-5-7-18)14-23-22(26)13-17-8-9-20-21(12-17)28-11-10-27-20/h3-9,12H,10-11,13-14H2,1-2H3,(H,23,26). The first-order valence-corrected chi connectivity index (χ1v) is 9.37. The van der Waals surface area contributed by atoms with Gasteiger partial charge in [-0.2, -0.15) is 5.10 Å². The minimum Gasteiger partial charge on any atom is -0.486 e. The lowest BCUT2D eigenvalue weighted by Crippen LogP contribution is -2.25. The Bertz CT molecular complexity index is 996. The fraction of sp³-hybridized carbons (Fsp3) is 0.273.